The maximum absolute atomic E-state index is 14.3. The first-order valence-corrected chi connectivity index (χ1v) is 19.1. The van der Waals surface area contributed by atoms with Crippen molar-refractivity contribution in [2.45, 2.75) is 9.79 Å². The third kappa shape index (κ3) is 8.20. The summed E-state index contributed by atoms with van der Waals surface area (Å²) in [5.41, 5.74) is -1.85. The van der Waals surface area contributed by atoms with E-state index in [1.165, 1.54) is 0 Å². The van der Waals surface area contributed by atoms with Gasteiger partial charge < -0.3 is 9.47 Å². The largest absolute Gasteiger partial charge is 0.453 e. The van der Waals surface area contributed by atoms with Crippen molar-refractivity contribution < 1.29 is 41.1 Å². The van der Waals surface area contributed by atoms with Crippen LogP contribution in [0.4, 0.5) is 22.7 Å². The Hall–Kier alpha value is -4.66. The van der Waals surface area contributed by atoms with E-state index in [2.05, 4.69) is 0 Å². The molecule has 0 fully saturated rings. The summed E-state index contributed by atoms with van der Waals surface area (Å²) in [6, 6.07) is 12.9. The Morgan fingerprint density at radius 3 is 1.07 bits per heavy atom. The molecule has 0 aromatic heterocycles. The van der Waals surface area contributed by atoms with E-state index in [1.54, 1.807) is 0 Å². The van der Waals surface area contributed by atoms with E-state index in [0.29, 0.717) is 0 Å². The summed E-state index contributed by atoms with van der Waals surface area (Å²) in [5.74, 6) is -1.04. The van der Waals surface area contributed by atoms with Crippen LogP contribution >= 0.6 is 69.6 Å². The molecular weight excluding hydrogens is 885 g/mol. The van der Waals surface area contributed by atoms with Crippen molar-refractivity contribution >= 4 is 112 Å². The molecule has 5 aromatic carbocycles. The van der Waals surface area contributed by atoms with Crippen LogP contribution in [0.1, 0.15) is 0 Å². The summed E-state index contributed by atoms with van der Waals surface area (Å²) >= 11 is 37.6. The quantitative estimate of drug-likeness (QED) is 0.0843. The van der Waals surface area contributed by atoms with Gasteiger partial charge in [-0.3, -0.25) is 30.3 Å². The van der Waals surface area contributed by atoms with E-state index >= 15 is 0 Å². The molecule has 0 N–H and O–H groups in total. The van der Waals surface area contributed by atoms with Gasteiger partial charge in [-0.05, 0) is 48.5 Å². The molecule has 0 spiro atoms. The van der Waals surface area contributed by atoms with Crippen LogP contribution in [0.25, 0.3) is 0 Å². The van der Waals surface area contributed by atoms with Gasteiger partial charge in [-0.2, -0.15) is 3.71 Å². The first-order valence-electron chi connectivity index (χ1n) is 14.0. The molecule has 54 heavy (non-hydrogen) atoms. The average molecular weight is 899 g/mol. The van der Waals surface area contributed by atoms with Crippen molar-refractivity contribution in [3.05, 3.63) is 145 Å². The predicted octanol–water partition coefficient (Wildman–Crippen LogP) is 10.5. The second-order valence-electron chi connectivity index (χ2n) is 10.4. The zero-order valence-corrected chi connectivity index (χ0v) is 32.0. The van der Waals surface area contributed by atoms with Crippen molar-refractivity contribution in [3.63, 3.8) is 0 Å². The second-order valence-corrected chi connectivity index (χ2v) is 16.6. The number of nitro benzene ring substituents is 3. The number of halogens is 6. The Balaban J connectivity index is 1.60. The molecule has 5 aromatic rings. The Morgan fingerprint density at radius 2 is 0.778 bits per heavy atom. The van der Waals surface area contributed by atoms with E-state index in [4.69, 9.17) is 79.1 Å². The van der Waals surface area contributed by atoms with Crippen molar-refractivity contribution in [2.24, 2.45) is 0 Å². The van der Waals surface area contributed by atoms with Crippen molar-refractivity contribution in [2.75, 3.05) is 3.71 Å². The SMILES string of the molecule is O=[N+]([O-])c1ccc(N(S(=O)(=O)c2cc(Cl)c(Oc3ccc([N+](=O)[O-])cc3Cl)c(Cl)c2)S(=O)(=O)c2cc(Cl)c(Oc3ccc([N+](=O)[O-])cc3Cl)c(Cl)c2)cc1. The molecule has 280 valence electrons. The van der Waals surface area contributed by atoms with Crippen LogP contribution < -0.4 is 13.2 Å². The number of benzene rings is 5. The highest BCUT2D eigenvalue weighted by Crippen LogP contribution is 2.45. The van der Waals surface area contributed by atoms with Gasteiger partial charge in [0.15, 0.2) is 11.5 Å². The molecule has 0 heterocycles. The fourth-order valence-corrected chi connectivity index (χ4v) is 10.1. The number of sulfonamides is 2. The summed E-state index contributed by atoms with van der Waals surface area (Å²) in [4.78, 5) is 29.6. The molecular formula is C30H14Cl6N4O12S2. The van der Waals surface area contributed by atoms with Crippen LogP contribution in [-0.2, 0) is 20.0 Å². The van der Waals surface area contributed by atoms with Crippen LogP contribution in [0.3, 0.4) is 0 Å². The second kappa shape index (κ2) is 15.6. The Labute approximate surface area is 333 Å². The molecule has 0 radical (unpaired) electrons. The first kappa shape index (κ1) is 40.5. The van der Waals surface area contributed by atoms with Gasteiger partial charge in [-0.25, -0.2) is 16.8 Å². The topological polar surface area (TPSA) is 219 Å². The van der Waals surface area contributed by atoms with Crippen LogP contribution in [0.5, 0.6) is 23.0 Å². The molecule has 24 heteroatoms. The minimum atomic E-state index is -5.29. The molecule has 0 saturated carbocycles. The standard InChI is InChI=1S/C30H14Cl6N4O12S2/c31-21-9-17(38(43)44)5-7-27(21)51-29-23(33)11-19(12-24(29)34)53(47,48)40(16-3-1-15(2-4-16)37(41)42)54(49,50)20-13-25(35)30(26(36)14-20)52-28-8-6-18(39(45)46)10-22(28)32/h1-14H. The number of nitrogens with zero attached hydrogens (tertiary/aromatic N) is 4. The molecule has 0 saturated heterocycles. The number of hydrogen-bond acceptors (Lipinski definition) is 12. The normalized spacial score (nSPS) is 11.5. The zero-order valence-electron chi connectivity index (χ0n) is 25.9. The number of ether oxygens (including phenoxy) is 2. The van der Waals surface area contributed by atoms with Gasteiger partial charge in [0.05, 0.1) is 60.4 Å². The summed E-state index contributed by atoms with van der Waals surface area (Å²) < 4.78 is 68.4. The minimum Gasteiger partial charge on any atom is -0.453 e. The monoisotopic (exact) mass is 896 g/mol. The van der Waals surface area contributed by atoms with Gasteiger partial charge in [-0.1, -0.05) is 69.6 Å². The van der Waals surface area contributed by atoms with Gasteiger partial charge in [0.2, 0.25) is 0 Å². The Bertz CT molecular complexity index is 2420. The molecule has 0 aliphatic heterocycles. The van der Waals surface area contributed by atoms with Crippen molar-refractivity contribution in [3.8, 4) is 23.0 Å². The van der Waals surface area contributed by atoms with Gasteiger partial charge in [0, 0.05) is 36.4 Å². The van der Waals surface area contributed by atoms with Crippen LogP contribution in [0.15, 0.2) is 94.7 Å². The van der Waals surface area contributed by atoms with E-state index in [9.17, 15) is 47.2 Å². The van der Waals surface area contributed by atoms with Crippen molar-refractivity contribution in [1.82, 2.24) is 0 Å². The van der Waals surface area contributed by atoms with E-state index < -0.39 is 76.1 Å². The van der Waals surface area contributed by atoms with Gasteiger partial charge in [0.1, 0.15) is 11.5 Å². The third-order valence-electron chi connectivity index (χ3n) is 6.92. The Kier molecular flexibility index (Phi) is 11.7. The highest BCUT2D eigenvalue weighted by molar-refractivity contribution is 8.10. The third-order valence-corrected chi connectivity index (χ3v) is 12.8. The van der Waals surface area contributed by atoms with Crippen LogP contribution in [-0.4, -0.2) is 31.6 Å². The lowest BCUT2D eigenvalue weighted by Gasteiger charge is -2.25. The lowest BCUT2D eigenvalue weighted by atomic mass is 10.3. The fraction of sp³-hybridized carbons (Fsp3) is 0. The first-order chi connectivity index (χ1) is 25.2. The van der Waals surface area contributed by atoms with Crippen molar-refractivity contribution in [1.29, 1.82) is 0 Å². The highest BCUT2D eigenvalue weighted by Gasteiger charge is 2.39. The smallest absolute Gasteiger partial charge is 0.277 e. The van der Waals surface area contributed by atoms with E-state index in [0.717, 1.165) is 84.9 Å². The minimum absolute atomic E-state index is 0.0742. The maximum Gasteiger partial charge on any atom is 0.277 e. The van der Waals surface area contributed by atoms with Gasteiger partial charge in [-0.15, -0.1) is 0 Å². The molecule has 0 amide bonds. The lowest BCUT2D eigenvalue weighted by Crippen LogP contribution is -2.37. The van der Waals surface area contributed by atoms with E-state index in [-0.39, 0.29) is 48.1 Å². The predicted molar refractivity (Wildman–Crippen MR) is 199 cm³/mol. The summed E-state index contributed by atoms with van der Waals surface area (Å²) in [6.45, 7) is 0. The summed E-state index contributed by atoms with van der Waals surface area (Å²) in [7, 11) is -10.6. The van der Waals surface area contributed by atoms with Crippen LogP contribution in [0, 0.1) is 30.3 Å². The molecule has 16 nitrogen and oxygen atoms in total. The number of anilines is 1. The number of non-ortho nitro benzene ring substituents is 3. The molecule has 5 rings (SSSR count). The maximum atomic E-state index is 14.3. The molecule has 0 unspecified atom stereocenters. The number of rotatable bonds is 12. The summed E-state index contributed by atoms with van der Waals surface area (Å²) in [6.07, 6.45) is 0. The average Bonchev–Trinajstić information content (AvgIpc) is 3.08. The fourth-order valence-electron chi connectivity index (χ4n) is 4.45. The lowest BCUT2D eigenvalue weighted by molar-refractivity contribution is -0.385. The van der Waals surface area contributed by atoms with Gasteiger partial charge in [0.25, 0.3) is 37.1 Å². The molecule has 0 bridgehead atoms. The number of hydrogen-bond donors (Lipinski definition) is 0. The molecule has 0 aliphatic rings. The Morgan fingerprint density at radius 1 is 0.463 bits per heavy atom. The molecule has 0 atom stereocenters. The summed E-state index contributed by atoms with van der Waals surface area (Å²) in [5, 5.41) is 31.1. The van der Waals surface area contributed by atoms with E-state index in [1.807, 2.05) is 0 Å². The van der Waals surface area contributed by atoms with Gasteiger partial charge >= 0.3 is 0 Å². The zero-order chi connectivity index (χ0) is 39.9. The highest BCUT2D eigenvalue weighted by atomic mass is 35.5. The number of nitro groups is 3. The molecule has 0 aliphatic carbocycles. The van der Waals surface area contributed by atoms with Crippen LogP contribution in [0.2, 0.25) is 30.1 Å².